The first-order chi connectivity index (χ1) is 17.3. The van der Waals surface area contributed by atoms with Crippen LogP contribution in [-0.4, -0.2) is 39.8 Å². The Balaban J connectivity index is 1.39. The van der Waals surface area contributed by atoms with Crippen molar-refractivity contribution < 1.29 is 9.59 Å². The molecule has 1 N–H and O–H groups in total. The van der Waals surface area contributed by atoms with Crippen LogP contribution in [0.1, 0.15) is 75.8 Å². The van der Waals surface area contributed by atoms with E-state index in [1.54, 1.807) is 24.5 Å². The molecule has 1 fully saturated rings. The molecular formula is C30H32N4O2. The van der Waals surface area contributed by atoms with E-state index in [1.807, 2.05) is 30.0 Å². The number of aryl methyl sites for hydroxylation is 1. The Morgan fingerprint density at radius 3 is 2.36 bits per heavy atom. The number of hydrogen-bond acceptors (Lipinski definition) is 4. The van der Waals surface area contributed by atoms with Gasteiger partial charge in [0.1, 0.15) is 0 Å². The van der Waals surface area contributed by atoms with Gasteiger partial charge in [-0.25, -0.2) is 0 Å². The Bertz CT molecular complexity index is 1270. The van der Waals surface area contributed by atoms with Gasteiger partial charge in [0.15, 0.2) is 0 Å². The molecule has 0 unspecified atom stereocenters. The molecule has 6 heteroatoms. The van der Waals surface area contributed by atoms with E-state index in [1.165, 1.54) is 5.56 Å². The molecule has 1 aliphatic heterocycles. The van der Waals surface area contributed by atoms with Crippen LogP contribution >= 0.6 is 0 Å². The summed E-state index contributed by atoms with van der Waals surface area (Å²) in [5.74, 6) is 3.21. The first-order valence-corrected chi connectivity index (χ1v) is 12.4. The lowest BCUT2D eigenvalue weighted by Crippen LogP contribution is -2.38. The second-order valence-electron chi connectivity index (χ2n) is 9.78. The number of benzene rings is 1. The third-order valence-electron chi connectivity index (χ3n) is 6.62. The van der Waals surface area contributed by atoms with Gasteiger partial charge < -0.3 is 10.2 Å². The number of terminal acetylenes is 1. The van der Waals surface area contributed by atoms with Crippen LogP contribution in [0.3, 0.4) is 0 Å². The normalized spacial score (nSPS) is 13.9. The number of rotatable bonds is 6. The zero-order valence-corrected chi connectivity index (χ0v) is 21.1. The number of nitrogens with zero attached hydrogens (tertiary/aromatic N) is 3. The summed E-state index contributed by atoms with van der Waals surface area (Å²) < 4.78 is 0. The van der Waals surface area contributed by atoms with Crippen molar-refractivity contribution in [2.75, 3.05) is 18.4 Å². The van der Waals surface area contributed by atoms with Crippen molar-refractivity contribution in [3.8, 4) is 12.3 Å². The molecule has 1 aromatic carbocycles. The summed E-state index contributed by atoms with van der Waals surface area (Å²) in [6, 6.07) is 13.5. The van der Waals surface area contributed by atoms with E-state index >= 15 is 0 Å². The van der Waals surface area contributed by atoms with Crippen LogP contribution in [0.25, 0.3) is 0 Å². The molecule has 6 nitrogen and oxygen atoms in total. The molecule has 1 saturated heterocycles. The number of likely N-dealkylation sites (tertiary alicyclic amines) is 1. The number of anilines is 1. The van der Waals surface area contributed by atoms with Gasteiger partial charge in [0.25, 0.3) is 11.8 Å². The van der Waals surface area contributed by atoms with Crippen molar-refractivity contribution in [3.63, 3.8) is 0 Å². The fraction of sp³-hybridized carbons (Fsp3) is 0.333. The molecule has 4 rings (SSSR count). The second kappa shape index (κ2) is 11.2. The summed E-state index contributed by atoms with van der Waals surface area (Å²) in [5.41, 5.74) is 5.21. The Hall–Kier alpha value is -3.98. The molecule has 0 aliphatic carbocycles. The lowest BCUT2D eigenvalue weighted by atomic mass is 9.89. The SMILES string of the molecule is C#Cc1ccc(C2CCN(C(=O)c3cnc(C)c(NC(=O)c4ccc(CC(C)C)nc4)c3)CC2)cc1. The van der Waals surface area contributed by atoms with Crippen LogP contribution in [0.5, 0.6) is 0 Å². The molecule has 0 saturated carbocycles. The minimum absolute atomic E-state index is 0.0705. The highest BCUT2D eigenvalue weighted by Gasteiger charge is 2.25. The van der Waals surface area contributed by atoms with Gasteiger partial charge >= 0.3 is 0 Å². The van der Waals surface area contributed by atoms with Crippen LogP contribution in [0.4, 0.5) is 5.69 Å². The molecule has 2 amide bonds. The summed E-state index contributed by atoms with van der Waals surface area (Å²) in [4.78, 5) is 36.7. The Labute approximate surface area is 213 Å². The summed E-state index contributed by atoms with van der Waals surface area (Å²) in [5, 5.41) is 2.90. The highest BCUT2D eigenvalue weighted by atomic mass is 16.2. The fourth-order valence-electron chi connectivity index (χ4n) is 4.52. The first-order valence-electron chi connectivity index (χ1n) is 12.4. The maximum Gasteiger partial charge on any atom is 0.257 e. The van der Waals surface area contributed by atoms with Crippen molar-refractivity contribution in [1.82, 2.24) is 14.9 Å². The predicted molar refractivity (Wildman–Crippen MR) is 142 cm³/mol. The molecule has 184 valence electrons. The van der Waals surface area contributed by atoms with E-state index in [4.69, 9.17) is 6.42 Å². The molecule has 2 aromatic heterocycles. The second-order valence-corrected chi connectivity index (χ2v) is 9.78. The fourth-order valence-corrected chi connectivity index (χ4v) is 4.52. The topological polar surface area (TPSA) is 75.2 Å². The van der Waals surface area contributed by atoms with Gasteiger partial charge in [-0.2, -0.15) is 0 Å². The molecule has 3 heterocycles. The van der Waals surface area contributed by atoms with Gasteiger partial charge in [-0.1, -0.05) is 31.9 Å². The number of pyridine rings is 2. The number of nitrogens with one attached hydrogen (secondary N) is 1. The van der Waals surface area contributed by atoms with E-state index in [0.717, 1.165) is 30.5 Å². The van der Waals surface area contributed by atoms with Crippen LogP contribution in [0.2, 0.25) is 0 Å². The van der Waals surface area contributed by atoms with Crippen molar-refractivity contribution >= 4 is 17.5 Å². The predicted octanol–water partition coefficient (Wildman–Crippen LogP) is 5.24. The van der Waals surface area contributed by atoms with E-state index < -0.39 is 0 Å². The molecule has 3 aromatic rings. The summed E-state index contributed by atoms with van der Waals surface area (Å²) in [6.07, 6.45) is 11.3. The average Bonchev–Trinajstić information content (AvgIpc) is 2.89. The zero-order valence-electron chi connectivity index (χ0n) is 21.1. The largest absolute Gasteiger partial charge is 0.339 e. The third kappa shape index (κ3) is 5.98. The lowest BCUT2D eigenvalue weighted by molar-refractivity contribution is 0.0712. The van der Waals surface area contributed by atoms with Gasteiger partial charge in [-0.3, -0.25) is 19.6 Å². The highest BCUT2D eigenvalue weighted by molar-refractivity contribution is 6.05. The number of piperidine rings is 1. The van der Waals surface area contributed by atoms with Crippen molar-refractivity contribution in [2.45, 2.75) is 46.0 Å². The number of carbonyl (C=O) groups excluding carboxylic acids is 2. The number of aromatic nitrogens is 2. The highest BCUT2D eigenvalue weighted by Crippen LogP contribution is 2.29. The molecular weight excluding hydrogens is 448 g/mol. The summed E-state index contributed by atoms with van der Waals surface area (Å²) >= 11 is 0. The molecule has 0 radical (unpaired) electrons. The zero-order chi connectivity index (χ0) is 25.7. The van der Waals surface area contributed by atoms with Crippen LogP contribution in [-0.2, 0) is 6.42 Å². The molecule has 1 aliphatic rings. The average molecular weight is 481 g/mol. The Kier molecular flexibility index (Phi) is 7.80. The van der Waals surface area contributed by atoms with E-state index in [2.05, 4.69) is 47.2 Å². The van der Waals surface area contributed by atoms with E-state index in [9.17, 15) is 9.59 Å². The number of carbonyl (C=O) groups is 2. The molecule has 0 atom stereocenters. The monoisotopic (exact) mass is 480 g/mol. The van der Waals surface area contributed by atoms with Crippen molar-refractivity contribution in [2.24, 2.45) is 5.92 Å². The minimum Gasteiger partial charge on any atom is -0.339 e. The summed E-state index contributed by atoms with van der Waals surface area (Å²) in [7, 11) is 0. The van der Waals surface area contributed by atoms with E-state index in [0.29, 0.717) is 47.4 Å². The maximum atomic E-state index is 13.2. The quantitative estimate of drug-likeness (QED) is 0.490. The van der Waals surface area contributed by atoms with Crippen molar-refractivity contribution in [3.05, 3.63) is 88.5 Å². The van der Waals surface area contributed by atoms with Crippen molar-refractivity contribution in [1.29, 1.82) is 0 Å². The van der Waals surface area contributed by atoms with Crippen LogP contribution < -0.4 is 5.32 Å². The molecule has 36 heavy (non-hydrogen) atoms. The van der Waals surface area contributed by atoms with Crippen LogP contribution in [0, 0.1) is 25.2 Å². The minimum atomic E-state index is -0.273. The lowest BCUT2D eigenvalue weighted by Gasteiger charge is -2.32. The van der Waals surface area contributed by atoms with E-state index in [-0.39, 0.29) is 11.8 Å². The van der Waals surface area contributed by atoms with Gasteiger partial charge in [-0.05, 0) is 73.9 Å². The van der Waals surface area contributed by atoms with Crippen LogP contribution in [0.15, 0.2) is 54.9 Å². The third-order valence-corrected chi connectivity index (χ3v) is 6.62. The van der Waals surface area contributed by atoms with Gasteiger partial charge in [0, 0.05) is 36.7 Å². The smallest absolute Gasteiger partial charge is 0.257 e. The Morgan fingerprint density at radius 1 is 1.06 bits per heavy atom. The number of amides is 2. The standard InChI is InChI=1S/C30H32N4O2/c1-5-22-6-8-23(9-7-22)24-12-14-34(15-13-24)30(36)26-17-28(21(4)31-19-26)33-29(35)25-10-11-27(32-18-25)16-20(2)3/h1,6-11,17-20,24H,12-16H2,2-4H3,(H,33,35). The molecule has 0 bridgehead atoms. The van der Waals surface area contributed by atoms with Gasteiger partial charge in [0.05, 0.1) is 22.5 Å². The first kappa shape index (κ1) is 25.1. The van der Waals surface area contributed by atoms with Gasteiger partial charge in [0.2, 0.25) is 0 Å². The molecule has 0 spiro atoms. The maximum absolute atomic E-state index is 13.2. The van der Waals surface area contributed by atoms with Gasteiger partial charge in [-0.15, -0.1) is 6.42 Å². The number of hydrogen-bond donors (Lipinski definition) is 1. The Morgan fingerprint density at radius 2 is 1.75 bits per heavy atom. The summed E-state index contributed by atoms with van der Waals surface area (Å²) in [6.45, 7) is 7.42.